The van der Waals surface area contributed by atoms with Crippen molar-refractivity contribution in [2.24, 2.45) is 0 Å². The molecule has 1 aliphatic heterocycles. The van der Waals surface area contributed by atoms with Crippen molar-refractivity contribution in [2.45, 2.75) is 36.5 Å². The second-order valence-corrected chi connectivity index (χ2v) is 6.12. The minimum absolute atomic E-state index is 0.0563. The molecule has 0 radical (unpaired) electrons. The number of carboxylic acids is 1. The van der Waals surface area contributed by atoms with Crippen LogP contribution in [0.3, 0.4) is 0 Å². The Morgan fingerprint density at radius 3 is 2.79 bits per heavy atom. The van der Waals surface area contributed by atoms with E-state index in [0.29, 0.717) is 0 Å². The van der Waals surface area contributed by atoms with Crippen molar-refractivity contribution < 1.29 is 14.6 Å². The molecule has 1 aromatic carbocycles. The Bertz CT molecular complexity index is 504. The van der Waals surface area contributed by atoms with Crippen molar-refractivity contribution in [3.05, 3.63) is 17.7 Å². The number of fused-ring (bicyclic) bond motifs is 1. The van der Waals surface area contributed by atoms with Crippen LogP contribution in [0.2, 0.25) is 0 Å². The van der Waals surface area contributed by atoms with Gasteiger partial charge < -0.3 is 14.7 Å². The molecule has 1 aliphatic rings. The predicted molar refractivity (Wildman–Crippen MR) is 77.5 cm³/mol. The maximum atomic E-state index is 11.0. The summed E-state index contributed by atoms with van der Waals surface area (Å²) >= 11 is 1.65. The van der Waals surface area contributed by atoms with Crippen LogP contribution in [0.1, 0.15) is 18.9 Å². The zero-order valence-electron chi connectivity index (χ0n) is 11.6. The van der Waals surface area contributed by atoms with Gasteiger partial charge in [-0.1, -0.05) is 6.07 Å². The number of rotatable bonds is 3. The third-order valence-electron chi connectivity index (χ3n) is 3.66. The van der Waals surface area contributed by atoms with Crippen LogP contribution in [-0.4, -0.2) is 36.5 Å². The molecular formula is C14H19NO3S. The van der Waals surface area contributed by atoms with Crippen LogP contribution in [0.5, 0.6) is 5.75 Å². The van der Waals surface area contributed by atoms with E-state index in [2.05, 4.69) is 11.8 Å². The van der Waals surface area contributed by atoms with Gasteiger partial charge in [0.15, 0.2) is 0 Å². The Kier molecular flexibility index (Phi) is 3.94. The third kappa shape index (κ3) is 2.52. The van der Waals surface area contributed by atoms with Gasteiger partial charge in [-0.2, -0.15) is 0 Å². The quantitative estimate of drug-likeness (QED) is 0.923. The SMILES string of the molecule is COc1ccc(C)c2c1N(C)C(C)C(CC(=O)O)S2. The molecule has 0 aromatic heterocycles. The summed E-state index contributed by atoms with van der Waals surface area (Å²) in [5.41, 5.74) is 2.23. The van der Waals surface area contributed by atoms with Crippen molar-refractivity contribution in [3.8, 4) is 5.75 Å². The number of thioether (sulfide) groups is 1. The van der Waals surface area contributed by atoms with Gasteiger partial charge in [0.2, 0.25) is 0 Å². The average Bonchev–Trinajstić information content (AvgIpc) is 2.36. The third-order valence-corrected chi connectivity index (χ3v) is 5.27. The fraction of sp³-hybridized carbons (Fsp3) is 0.500. The molecule has 0 aliphatic carbocycles. The van der Waals surface area contributed by atoms with E-state index in [4.69, 9.17) is 9.84 Å². The number of aryl methyl sites for hydroxylation is 1. The van der Waals surface area contributed by atoms with Gasteiger partial charge in [0.05, 0.1) is 19.2 Å². The van der Waals surface area contributed by atoms with Gasteiger partial charge >= 0.3 is 5.97 Å². The van der Waals surface area contributed by atoms with Gasteiger partial charge in [-0.05, 0) is 25.5 Å². The van der Waals surface area contributed by atoms with E-state index in [0.717, 1.165) is 21.9 Å². The lowest BCUT2D eigenvalue weighted by molar-refractivity contribution is -0.137. The first-order valence-corrected chi connectivity index (χ1v) is 7.12. The summed E-state index contributed by atoms with van der Waals surface area (Å²) in [7, 11) is 3.66. The maximum Gasteiger partial charge on any atom is 0.304 e. The summed E-state index contributed by atoms with van der Waals surface area (Å²) in [6.45, 7) is 4.11. The van der Waals surface area contributed by atoms with Gasteiger partial charge in [-0.15, -0.1) is 11.8 Å². The molecule has 0 saturated heterocycles. The second kappa shape index (κ2) is 5.33. The molecule has 1 heterocycles. The lowest BCUT2D eigenvalue weighted by Crippen LogP contribution is -2.41. The van der Waals surface area contributed by atoms with Crippen molar-refractivity contribution in [2.75, 3.05) is 19.1 Å². The van der Waals surface area contributed by atoms with Crippen LogP contribution in [-0.2, 0) is 4.79 Å². The summed E-state index contributed by atoms with van der Waals surface area (Å²) in [6.07, 6.45) is 0.173. The van der Waals surface area contributed by atoms with E-state index < -0.39 is 5.97 Å². The monoisotopic (exact) mass is 281 g/mol. The van der Waals surface area contributed by atoms with E-state index in [-0.39, 0.29) is 17.7 Å². The van der Waals surface area contributed by atoms with Crippen LogP contribution in [0, 0.1) is 6.92 Å². The van der Waals surface area contributed by atoms with Crippen molar-refractivity contribution in [1.29, 1.82) is 0 Å². The lowest BCUT2D eigenvalue weighted by atomic mass is 10.1. The molecule has 5 heteroatoms. The van der Waals surface area contributed by atoms with Gasteiger partial charge in [-0.25, -0.2) is 0 Å². The van der Waals surface area contributed by atoms with E-state index in [9.17, 15) is 4.79 Å². The second-order valence-electron chi connectivity index (χ2n) is 4.87. The zero-order valence-corrected chi connectivity index (χ0v) is 12.5. The van der Waals surface area contributed by atoms with Gasteiger partial charge in [0.25, 0.3) is 0 Å². The van der Waals surface area contributed by atoms with E-state index >= 15 is 0 Å². The summed E-state index contributed by atoms with van der Waals surface area (Å²) in [5, 5.41) is 9.09. The first-order valence-electron chi connectivity index (χ1n) is 6.24. The predicted octanol–water partition coefficient (Wildman–Crippen LogP) is 2.78. The van der Waals surface area contributed by atoms with E-state index in [1.54, 1.807) is 18.9 Å². The van der Waals surface area contributed by atoms with E-state index in [1.807, 2.05) is 26.1 Å². The first-order chi connectivity index (χ1) is 8.95. The highest BCUT2D eigenvalue weighted by atomic mass is 32.2. The zero-order chi connectivity index (χ0) is 14.2. The van der Waals surface area contributed by atoms with Crippen molar-refractivity contribution >= 4 is 23.4 Å². The molecule has 2 atom stereocenters. The number of benzene rings is 1. The molecule has 1 aromatic rings. The summed E-state index contributed by atoms with van der Waals surface area (Å²) in [5.74, 6) is 0.0953. The molecule has 1 N–H and O–H groups in total. The molecule has 0 bridgehead atoms. The summed E-state index contributed by atoms with van der Waals surface area (Å²) < 4.78 is 5.43. The molecule has 0 spiro atoms. The van der Waals surface area contributed by atoms with Crippen LogP contribution in [0.4, 0.5) is 5.69 Å². The number of methoxy groups -OCH3 is 1. The van der Waals surface area contributed by atoms with Gasteiger partial charge in [-0.3, -0.25) is 4.79 Å². The Labute approximate surface area is 117 Å². The first kappa shape index (κ1) is 14.1. The lowest BCUT2D eigenvalue weighted by Gasteiger charge is -2.40. The number of ether oxygens (including phenoxy) is 1. The highest BCUT2D eigenvalue weighted by Crippen LogP contribution is 2.48. The molecule has 2 rings (SSSR count). The molecular weight excluding hydrogens is 262 g/mol. The van der Waals surface area contributed by atoms with Crippen LogP contribution < -0.4 is 9.64 Å². The highest BCUT2D eigenvalue weighted by molar-refractivity contribution is 8.00. The Morgan fingerprint density at radius 2 is 2.21 bits per heavy atom. The summed E-state index contributed by atoms with van der Waals surface area (Å²) in [4.78, 5) is 14.2. The van der Waals surface area contributed by atoms with Gasteiger partial charge in [0.1, 0.15) is 5.75 Å². The number of aliphatic carboxylic acids is 1. The molecule has 2 unspecified atom stereocenters. The molecule has 104 valence electrons. The molecule has 0 amide bonds. The Hall–Kier alpha value is -1.36. The number of nitrogens with zero attached hydrogens (tertiary/aromatic N) is 1. The smallest absolute Gasteiger partial charge is 0.304 e. The number of carbonyl (C=O) groups is 1. The van der Waals surface area contributed by atoms with Crippen LogP contribution in [0.15, 0.2) is 17.0 Å². The maximum absolute atomic E-state index is 11.0. The fourth-order valence-corrected chi connectivity index (χ4v) is 3.91. The van der Waals surface area contributed by atoms with Crippen molar-refractivity contribution in [1.82, 2.24) is 0 Å². The number of hydrogen-bond acceptors (Lipinski definition) is 4. The topological polar surface area (TPSA) is 49.8 Å². The van der Waals surface area contributed by atoms with Crippen molar-refractivity contribution in [3.63, 3.8) is 0 Å². The minimum atomic E-state index is -0.748. The van der Waals surface area contributed by atoms with Gasteiger partial charge in [0, 0.05) is 23.2 Å². The molecule has 0 fully saturated rings. The largest absolute Gasteiger partial charge is 0.495 e. The number of carboxylic acid groups (broad SMARTS) is 1. The molecule has 19 heavy (non-hydrogen) atoms. The minimum Gasteiger partial charge on any atom is -0.495 e. The Balaban J connectivity index is 2.46. The average molecular weight is 281 g/mol. The number of anilines is 1. The number of hydrogen-bond donors (Lipinski definition) is 1. The fourth-order valence-electron chi connectivity index (χ4n) is 2.39. The standard InChI is InChI=1S/C14H19NO3S/c1-8-5-6-10(18-4)13-14(8)19-11(7-12(16)17)9(2)15(13)3/h5-6,9,11H,7H2,1-4H3,(H,16,17). The summed E-state index contributed by atoms with van der Waals surface area (Å²) in [6, 6.07) is 4.14. The van der Waals surface area contributed by atoms with Crippen LogP contribution in [0.25, 0.3) is 0 Å². The van der Waals surface area contributed by atoms with Crippen LogP contribution >= 0.6 is 11.8 Å². The highest BCUT2D eigenvalue weighted by Gasteiger charge is 2.34. The Morgan fingerprint density at radius 1 is 1.53 bits per heavy atom. The van der Waals surface area contributed by atoms with E-state index in [1.165, 1.54) is 0 Å². The molecule has 0 saturated carbocycles. The normalized spacial score (nSPS) is 22.0. The molecule has 4 nitrogen and oxygen atoms in total.